The average molecular weight is 557 g/mol. The van der Waals surface area contributed by atoms with Crippen molar-refractivity contribution in [2.75, 3.05) is 39.9 Å². The minimum atomic E-state index is 0. The Morgan fingerprint density at radius 1 is 1.35 bits per heavy atom. The van der Waals surface area contributed by atoms with Crippen molar-refractivity contribution in [3.63, 3.8) is 0 Å². The number of thiophene rings is 1. The highest BCUT2D eigenvalue weighted by molar-refractivity contribution is 14.0. The van der Waals surface area contributed by atoms with Gasteiger partial charge in [-0.2, -0.15) is 0 Å². The fourth-order valence-electron chi connectivity index (χ4n) is 3.55. The molecule has 0 spiro atoms. The number of hydrogen-bond donors (Lipinski definition) is 2. The summed E-state index contributed by atoms with van der Waals surface area (Å²) in [7, 11) is 1.80. The van der Waals surface area contributed by atoms with Gasteiger partial charge in [-0.25, -0.2) is 0 Å². The van der Waals surface area contributed by atoms with E-state index >= 15 is 0 Å². The van der Waals surface area contributed by atoms with Crippen molar-refractivity contribution in [3.8, 4) is 5.75 Å². The van der Waals surface area contributed by atoms with Crippen molar-refractivity contribution in [2.45, 2.75) is 25.6 Å². The molecule has 1 aliphatic rings. The van der Waals surface area contributed by atoms with Gasteiger partial charge in [0.15, 0.2) is 5.96 Å². The van der Waals surface area contributed by atoms with Crippen molar-refractivity contribution >= 4 is 41.3 Å². The van der Waals surface area contributed by atoms with E-state index in [-0.39, 0.29) is 36.1 Å². The molecule has 0 saturated carbocycles. The van der Waals surface area contributed by atoms with Gasteiger partial charge in [-0.15, -0.1) is 35.3 Å². The molecule has 8 heteroatoms. The quantitative estimate of drug-likeness (QED) is 0.211. The molecule has 1 saturated heterocycles. The Bertz CT molecular complexity index is 816. The second-order valence-electron chi connectivity index (χ2n) is 7.22. The van der Waals surface area contributed by atoms with Crippen LogP contribution in [0.4, 0.5) is 0 Å². The van der Waals surface area contributed by atoms with Gasteiger partial charge in [0.1, 0.15) is 12.4 Å². The third-order valence-corrected chi connectivity index (χ3v) is 6.02. The van der Waals surface area contributed by atoms with E-state index in [0.29, 0.717) is 13.2 Å². The van der Waals surface area contributed by atoms with Gasteiger partial charge in [0.25, 0.3) is 0 Å². The van der Waals surface area contributed by atoms with Crippen molar-refractivity contribution in [2.24, 2.45) is 4.99 Å². The molecule has 0 aliphatic carbocycles. The van der Waals surface area contributed by atoms with Crippen molar-refractivity contribution in [1.82, 2.24) is 15.5 Å². The summed E-state index contributed by atoms with van der Waals surface area (Å²) < 4.78 is 11.5. The molecule has 1 aromatic carbocycles. The smallest absolute Gasteiger partial charge is 0.191 e. The molecule has 170 valence electrons. The van der Waals surface area contributed by atoms with Crippen LogP contribution in [0.15, 0.2) is 59.4 Å². The topological polar surface area (TPSA) is 58.1 Å². The number of para-hydroxylation sites is 1. The van der Waals surface area contributed by atoms with Crippen LogP contribution in [-0.4, -0.2) is 56.9 Å². The van der Waals surface area contributed by atoms with Gasteiger partial charge in [-0.3, -0.25) is 9.89 Å². The van der Waals surface area contributed by atoms with Crippen LogP contribution in [0.2, 0.25) is 0 Å². The van der Waals surface area contributed by atoms with Crippen LogP contribution in [0.3, 0.4) is 0 Å². The van der Waals surface area contributed by atoms with Gasteiger partial charge >= 0.3 is 0 Å². The minimum Gasteiger partial charge on any atom is -0.489 e. The maximum absolute atomic E-state index is 5.75. The predicted octanol–water partition coefficient (Wildman–Crippen LogP) is 4.06. The molecule has 0 bridgehead atoms. The Morgan fingerprint density at radius 3 is 2.90 bits per heavy atom. The normalized spacial score (nSPS) is 18.0. The highest BCUT2D eigenvalue weighted by atomic mass is 127. The summed E-state index contributed by atoms with van der Waals surface area (Å²) in [5.74, 6) is 1.63. The van der Waals surface area contributed by atoms with Crippen LogP contribution >= 0.6 is 35.3 Å². The molecule has 0 amide bonds. The SMILES string of the molecule is C=CCOc1ccccc1CNC(=NC)NCC(c1cccs1)N1CCOC(C)C1.I. The Balaban J connectivity index is 0.00000341. The van der Waals surface area contributed by atoms with E-state index in [1.165, 1.54) is 4.88 Å². The monoisotopic (exact) mass is 556 g/mol. The summed E-state index contributed by atoms with van der Waals surface area (Å²) in [4.78, 5) is 8.26. The Hall–Kier alpha value is -1.62. The van der Waals surface area contributed by atoms with Crippen LogP contribution in [0, 0.1) is 0 Å². The van der Waals surface area contributed by atoms with E-state index in [1.807, 2.05) is 18.2 Å². The van der Waals surface area contributed by atoms with Gasteiger partial charge in [0.2, 0.25) is 0 Å². The van der Waals surface area contributed by atoms with Gasteiger partial charge in [0.05, 0.1) is 18.8 Å². The molecule has 2 heterocycles. The largest absolute Gasteiger partial charge is 0.489 e. The molecule has 1 aliphatic heterocycles. The average Bonchev–Trinajstić information content (AvgIpc) is 3.30. The lowest BCUT2D eigenvalue weighted by atomic mass is 10.1. The molecule has 2 N–H and O–H groups in total. The van der Waals surface area contributed by atoms with E-state index in [2.05, 4.69) is 57.6 Å². The standard InChI is InChI=1S/C23H32N4O2S.HI/c1-4-12-29-21-9-6-5-8-19(21)15-25-23(24-3)26-16-20(22-10-7-14-30-22)27-11-13-28-18(2)17-27;/h4-10,14,18,20H,1,11-13,15-17H2,2-3H3,(H2,24,25,26);1H. The fourth-order valence-corrected chi connectivity index (χ4v) is 4.41. The summed E-state index contributed by atoms with van der Waals surface area (Å²) in [5, 5.41) is 9.06. The molecule has 2 unspecified atom stereocenters. The number of aliphatic imine (C=N–C) groups is 1. The first-order valence-electron chi connectivity index (χ1n) is 10.4. The molecule has 3 rings (SSSR count). The van der Waals surface area contributed by atoms with E-state index < -0.39 is 0 Å². The van der Waals surface area contributed by atoms with Gasteiger partial charge in [0, 0.05) is 43.7 Å². The lowest BCUT2D eigenvalue weighted by Crippen LogP contribution is -2.47. The highest BCUT2D eigenvalue weighted by Crippen LogP contribution is 2.26. The second-order valence-corrected chi connectivity index (χ2v) is 8.20. The number of hydrogen-bond acceptors (Lipinski definition) is 5. The molecular formula is C23H33IN4O2S. The van der Waals surface area contributed by atoms with E-state index in [4.69, 9.17) is 9.47 Å². The summed E-state index contributed by atoms with van der Waals surface area (Å²) in [6, 6.07) is 12.6. The highest BCUT2D eigenvalue weighted by Gasteiger charge is 2.26. The third-order valence-electron chi connectivity index (χ3n) is 5.05. The number of rotatable bonds is 9. The Morgan fingerprint density at radius 2 is 2.19 bits per heavy atom. The Labute approximate surface area is 206 Å². The van der Waals surface area contributed by atoms with Gasteiger partial charge in [-0.05, 0) is 24.4 Å². The molecular weight excluding hydrogens is 523 g/mol. The zero-order chi connectivity index (χ0) is 21.2. The lowest BCUT2D eigenvalue weighted by molar-refractivity contribution is -0.0334. The summed E-state index contributed by atoms with van der Waals surface area (Å²) in [6.07, 6.45) is 2.01. The van der Waals surface area contributed by atoms with Crippen molar-refractivity contribution < 1.29 is 9.47 Å². The van der Waals surface area contributed by atoms with Gasteiger partial charge < -0.3 is 20.1 Å². The third kappa shape index (κ3) is 7.78. The predicted molar refractivity (Wildman–Crippen MR) is 140 cm³/mol. The molecule has 31 heavy (non-hydrogen) atoms. The van der Waals surface area contributed by atoms with Crippen molar-refractivity contribution in [3.05, 3.63) is 64.9 Å². The van der Waals surface area contributed by atoms with Crippen LogP contribution in [0.1, 0.15) is 23.4 Å². The molecule has 1 fully saturated rings. The molecule has 6 nitrogen and oxygen atoms in total. The molecule has 2 atom stereocenters. The first kappa shape index (κ1) is 25.6. The number of ether oxygens (including phenoxy) is 2. The maximum Gasteiger partial charge on any atom is 0.191 e. The summed E-state index contributed by atoms with van der Waals surface area (Å²) in [5.41, 5.74) is 1.08. The first-order valence-corrected chi connectivity index (χ1v) is 11.2. The van der Waals surface area contributed by atoms with E-state index in [9.17, 15) is 0 Å². The second kappa shape index (κ2) is 13.7. The number of nitrogens with one attached hydrogen (secondary N) is 2. The molecule has 2 aromatic rings. The maximum atomic E-state index is 5.75. The zero-order valence-electron chi connectivity index (χ0n) is 18.3. The number of nitrogens with zero attached hydrogens (tertiary/aromatic N) is 2. The number of benzene rings is 1. The van der Waals surface area contributed by atoms with Gasteiger partial charge in [-0.1, -0.05) is 36.9 Å². The number of morpholine rings is 1. The number of halogens is 1. The minimum absolute atomic E-state index is 0. The molecule has 0 radical (unpaired) electrons. The fraction of sp³-hybridized carbons (Fsp3) is 0.435. The van der Waals surface area contributed by atoms with Crippen LogP contribution in [-0.2, 0) is 11.3 Å². The lowest BCUT2D eigenvalue weighted by Gasteiger charge is -2.37. The molecule has 1 aromatic heterocycles. The van der Waals surface area contributed by atoms with Crippen molar-refractivity contribution in [1.29, 1.82) is 0 Å². The number of guanidine groups is 1. The Kier molecular flexibility index (Phi) is 11.3. The summed E-state index contributed by atoms with van der Waals surface area (Å²) >= 11 is 1.80. The van der Waals surface area contributed by atoms with Crippen LogP contribution in [0.5, 0.6) is 5.75 Å². The van der Waals surface area contributed by atoms with E-state index in [0.717, 1.165) is 43.5 Å². The van der Waals surface area contributed by atoms with Crippen LogP contribution < -0.4 is 15.4 Å². The summed E-state index contributed by atoms with van der Waals surface area (Å²) in [6.45, 7) is 10.4. The van der Waals surface area contributed by atoms with E-state index in [1.54, 1.807) is 24.5 Å². The first-order chi connectivity index (χ1) is 14.7. The van der Waals surface area contributed by atoms with Crippen LogP contribution in [0.25, 0.3) is 0 Å². The zero-order valence-corrected chi connectivity index (χ0v) is 21.4.